The van der Waals surface area contributed by atoms with E-state index in [0.29, 0.717) is 12.0 Å². The van der Waals surface area contributed by atoms with Gasteiger partial charge in [0.05, 0.1) is 5.60 Å². The zero-order valence-electron chi connectivity index (χ0n) is 8.92. The minimum Gasteiger partial charge on any atom is -0.390 e. The van der Waals surface area contributed by atoms with Gasteiger partial charge in [0.15, 0.2) is 0 Å². The molecule has 0 radical (unpaired) electrons. The molecule has 1 aliphatic carbocycles. The first kappa shape index (κ1) is 11.0. The van der Waals surface area contributed by atoms with Crippen molar-refractivity contribution in [1.29, 1.82) is 0 Å². The van der Waals surface area contributed by atoms with E-state index in [0.717, 1.165) is 38.5 Å². The molecule has 2 nitrogen and oxygen atoms in total. The molecular formula is C11H23NO. The van der Waals surface area contributed by atoms with E-state index in [9.17, 15) is 5.11 Å². The Bertz CT molecular complexity index is 146. The van der Waals surface area contributed by atoms with E-state index in [-0.39, 0.29) is 0 Å². The maximum Gasteiger partial charge on any atom is 0.0676 e. The van der Waals surface area contributed by atoms with E-state index in [1.807, 2.05) is 0 Å². The monoisotopic (exact) mass is 185 g/mol. The highest BCUT2D eigenvalue weighted by Gasteiger charge is 2.37. The summed E-state index contributed by atoms with van der Waals surface area (Å²) in [7, 11) is 0. The van der Waals surface area contributed by atoms with Gasteiger partial charge in [-0.05, 0) is 31.6 Å². The number of rotatable bonds is 3. The minimum absolute atomic E-state index is 0.328. The highest BCUT2D eigenvalue weighted by atomic mass is 16.3. The van der Waals surface area contributed by atoms with Crippen LogP contribution in [0.2, 0.25) is 0 Å². The first-order valence-corrected chi connectivity index (χ1v) is 5.60. The van der Waals surface area contributed by atoms with Gasteiger partial charge in [0.2, 0.25) is 0 Å². The lowest BCUT2D eigenvalue weighted by Gasteiger charge is -2.40. The van der Waals surface area contributed by atoms with E-state index in [4.69, 9.17) is 5.73 Å². The maximum atomic E-state index is 10.4. The normalized spacial score (nSPS) is 35.3. The molecule has 0 bridgehead atoms. The van der Waals surface area contributed by atoms with Crippen LogP contribution in [0.15, 0.2) is 0 Å². The summed E-state index contributed by atoms with van der Waals surface area (Å²) in [5.74, 6) is 0.472. The first-order valence-electron chi connectivity index (χ1n) is 5.60. The van der Waals surface area contributed by atoms with Gasteiger partial charge in [-0.25, -0.2) is 0 Å². The van der Waals surface area contributed by atoms with Crippen LogP contribution in [0.1, 0.15) is 52.4 Å². The molecule has 0 spiro atoms. The lowest BCUT2D eigenvalue weighted by molar-refractivity contribution is -0.0550. The lowest BCUT2D eigenvalue weighted by atomic mass is 9.72. The van der Waals surface area contributed by atoms with Gasteiger partial charge in [0, 0.05) is 6.04 Å². The van der Waals surface area contributed by atoms with E-state index >= 15 is 0 Å². The fourth-order valence-corrected chi connectivity index (χ4v) is 2.60. The topological polar surface area (TPSA) is 46.2 Å². The van der Waals surface area contributed by atoms with Crippen LogP contribution in [0, 0.1) is 5.92 Å². The van der Waals surface area contributed by atoms with Crippen molar-refractivity contribution < 1.29 is 5.11 Å². The summed E-state index contributed by atoms with van der Waals surface area (Å²) in [5.41, 5.74) is 5.42. The van der Waals surface area contributed by atoms with Crippen LogP contribution in [0.25, 0.3) is 0 Å². The zero-order chi connectivity index (χ0) is 9.90. The Morgan fingerprint density at radius 3 is 2.15 bits per heavy atom. The number of hydrogen-bond acceptors (Lipinski definition) is 2. The fraction of sp³-hybridized carbons (Fsp3) is 1.00. The van der Waals surface area contributed by atoms with Crippen LogP contribution in [0.3, 0.4) is 0 Å². The van der Waals surface area contributed by atoms with Crippen LogP contribution < -0.4 is 5.73 Å². The summed E-state index contributed by atoms with van der Waals surface area (Å²) in [6.45, 7) is 4.33. The van der Waals surface area contributed by atoms with Crippen LogP contribution in [-0.4, -0.2) is 16.7 Å². The van der Waals surface area contributed by atoms with E-state index in [1.54, 1.807) is 0 Å². The Morgan fingerprint density at radius 1 is 1.31 bits per heavy atom. The van der Waals surface area contributed by atoms with Crippen molar-refractivity contribution in [2.24, 2.45) is 11.7 Å². The molecule has 0 heterocycles. The second-order valence-corrected chi connectivity index (χ2v) is 4.45. The third-order valence-corrected chi connectivity index (χ3v) is 3.64. The molecule has 0 aliphatic heterocycles. The van der Waals surface area contributed by atoms with Crippen molar-refractivity contribution in [1.82, 2.24) is 0 Å². The van der Waals surface area contributed by atoms with Gasteiger partial charge in [0.25, 0.3) is 0 Å². The molecule has 0 aromatic carbocycles. The molecule has 1 fully saturated rings. The molecule has 1 aliphatic rings. The summed E-state index contributed by atoms with van der Waals surface area (Å²) >= 11 is 0. The molecule has 1 rings (SSSR count). The predicted octanol–water partition coefficient (Wildman–Crippen LogP) is 2.05. The average Bonchev–Trinajstić information content (AvgIpc) is 2.13. The molecule has 2 heteroatoms. The molecule has 78 valence electrons. The van der Waals surface area contributed by atoms with Crippen LogP contribution in [0.4, 0.5) is 0 Å². The highest BCUT2D eigenvalue weighted by Crippen LogP contribution is 2.37. The second-order valence-electron chi connectivity index (χ2n) is 4.45. The predicted molar refractivity (Wildman–Crippen MR) is 55.5 cm³/mol. The van der Waals surface area contributed by atoms with Crippen LogP contribution in [-0.2, 0) is 0 Å². The molecule has 0 unspecified atom stereocenters. The molecule has 3 N–H and O–H groups in total. The Balaban J connectivity index is 2.54. The van der Waals surface area contributed by atoms with Crippen molar-refractivity contribution in [3.8, 4) is 0 Å². The quantitative estimate of drug-likeness (QED) is 0.707. The summed E-state index contributed by atoms with van der Waals surface area (Å²) in [6, 6.07) is 0.328. The van der Waals surface area contributed by atoms with Crippen LogP contribution >= 0.6 is 0 Å². The van der Waals surface area contributed by atoms with Crippen molar-refractivity contribution in [2.75, 3.05) is 0 Å². The van der Waals surface area contributed by atoms with Gasteiger partial charge in [-0.15, -0.1) is 0 Å². The van der Waals surface area contributed by atoms with Crippen molar-refractivity contribution >= 4 is 0 Å². The Kier molecular flexibility index (Phi) is 3.74. The van der Waals surface area contributed by atoms with Crippen LogP contribution in [0.5, 0.6) is 0 Å². The molecule has 13 heavy (non-hydrogen) atoms. The van der Waals surface area contributed by atoms with Gasteiger partial charge < -0.3 is 10.8 Å². The lowest BCUT2D eigenvalue weighted by Crippen LogP contribution is -2.44. The summed E-state index contributed by atoms with van der Waals surface area (Å²) in [4.78, 5) is 0. The van der Waals surface area contributed by atoms with Crippen molar-refractivity contribution in [3.05, 3.63) is 0 Å². The second kappa shape index (κ2) is 4.43. The van der Waals surface area contributed by atoms with E-state index < -0.39 is 5.60 Å². The Hall–Kier alpha value is -0.0800. The number of aliphatic hydroxyl groups is 1. The fourth-order valence-electron chi connectivity index (χ4n) is 2.60. The number of hydrogen-bond donors (Lipinski definition) is 2. The Labute approximate surface area is 81.5 Å². The maximum absolute atomic E-state index is 10.4. The van der Waals surface area contributed by atoms with Gasteiger partial charge in [-0.1, -0.05) is 26.7 Å². The highest BCUT2D eigenvalue weighted by molar-refractivity contribution is 4.91. The molecule has 0 aromatic rings. The van der Waals surface area contributed by atoms with E-state index in [2.05, 4.69) is 13.8 Å². The molecule has 0 atom stereocenters. The standard InChI is InChI=1S/C11H23NO/c1-3-9(4-2)11(13)7-5-10(12)6-8-11/h9-10,13H,3-8,12H2,1-2H3. The molecule has 0 saturated heterocycles. The minimum atomic E-state index is -0.403. The summed E-state index contributed by atoms with van der Waals surface area (Å²) < 4.78 is 0. The largest absolute Gasteiger partial charge is 0.390 e. The van der Waals surface area contributed by atoms with Crippen molar-refractivity contribution in [3.63, 3.8) is 0 Å². The third-order valence-electron chi connectivity index (χ3n) is 3.64. The summed E-state index contributed by atoms with van der Waals surface area (Å²) in [6.07, 6.45) is 5.96. The molecule has 1 saturated carbocycles. The number of nitrogens with two attached hydrogens (primary N) is 1. The van der Waals surface area contributed by atoms with E-state index in [1.165, 1.54) is 0 Å². The molecule has 0 aromatic heterocycles. The van der Waals surface area contributed by atoms with Gasteiger partial charge in [-0.3, -0.25) is 0 Å². The van der Waals surface area contributed by atoms with Gasteiger partial charge >= 0.3 is 0 Å². The smallest absolute Gasteiger partial charge is 0.0676 e. The molecule has 0 amide bonds. The van der Waals surface area contributed by atoms with Crippen molar-refractivity contribution in [2.45, 2.75) is 64.0 Å². The van der Waals surface area contributed by atoms with Gasteiger partial charge in [0.1, 0.15) is 0 Å². The Morgan fingerprint density at radius 2 is 1.77 bits per heavy atom. The first-order chi connectivity index (χ1) is 6.12. The SMILES string of the molecule is CCC(CC)C1(O)CCC(N)CC1. The third kappa shape index (κ3) is 2.44. The average molecular weight is 185 g/mol. The zero-order valence-corrected chi connectivity index (χ0v) is 8.92. The summed E-state index contributed by atoms with van der Waals surface area (Å²) in [5, 5.41) is 10.4. The molecular weight excluding hydrogens is 162 g/mol. The van der Waals surface area contributed by atoms with Gasteiger partial charge in [-0.2, -0.15) is 0 Å².